The number of carboxylic acids is 1. The number of carbonyl (C=O) groups is 2. The quantitative estimate of drug-likeness (QED) is 0.869. The molecule has 0 spiro atoms. The number of nitrogens with zero attached hydrogens (tertiary/aromatic N) is 1. The summed E-state index contributed by atoms with van der Waals surface area (Å²) >= 11 is 0. The maximum atomic E-state index is 13.3. The Morgan fingerprint density at radius 1 is 1.41 bits per heavy atom. The van der Waals surface area contributed by atoms with Gasteiger partial charge in [-0.3, -0.25) is 9.59 Å². The van der Waals surface area contributed by atoms with Crippen LogP contribution in [0.1, 0.15) is 22.8 Å². The molecule has 1 amide bonds. The highest BCUT2D eigenvalue weighted by Crippen LogP contribution is 2.14. The van der Waals surface area contributed by atoms with Crippen molar-refractivity contribution in [2.75, 3.05) is 13.1 Å². The Bertz CT molecular complexity index is 445. The second-order valence-corrected chi connectivity index (χ2v) is 3.63. The molecule has 0 radical (unpaired) electrons. The average Bonchev–Trinajstić information content (AvgIpc) is 2.28. The van der Waals surface area contributed by atoms with Gasteiger partial charge in [-0.05, 0) is 31.5 Å². The number of amides is 1. The Morgan fingerprint density at radius 2 is 2.06 bits per heavy atom. The van der Waals surface area contributed by atoms with Gasteiger partial charge in [-0.15, -0.1) is 0 Å². The fourth-order valence-corrected chi connectivity index (χ4v) is 1.50. The molecular formula is C12H14FNO3. The van der Waals surface area contributed by atoms with E-state index >= 15 is 0 Å². The monoisotopic (exact) mass is 239 g/mol. The number of carbonyl (C=O) groups excluding carboxylic acids is 1. The van der Waals surface area contributed by atoms with Gasteiger partial charge < -0.3 is 10.0 Å². The standard InChI is InChI=1S/C12H14FNO3/c1-3-14(7-11(15)16)12(17)9-5-4-6-10(13)8(9)2/h4-6H,3,7H2,1-2H3,(H,15,16). The average molecular weight is 239 g/mol. The topological polar surface area (TPSA) is 57.6 Å². The van der Waals surface area contributed by atoms with Crippen molar-refractivity contribution in [2.24, 2.45) is 0 Å². The van der Waals surface area contributed by atoms with Crippen LogP contribution in [0.25, 0.3) is 0 Å². The molecule has 1 aromatic carbocycles. The second kappa shape index (κ2) is 5.43. The Morgan fingerprint density at radius 3 is 2.59 bits per heavy atom. The largest absolute Gasteiger partial charge is 0.480 e. The van der Waals surface area contributed by atoms with Crippen LogP contribution in [-0.4, -0.2) is 35.0 Å². The van der Waals surface area contributed by atoms with Gasteiger partial charge in [0.25, 0.3) is 5.91 Å². The van der Waals surface area contributed by atoms with Crippen LogP contribution in [0.5, 0.6) is 0 Å². The molecule has 1 N–H and O–H groups in total. The zero-order valence-electron chi connectivity index (χ0n) is 9.74. The molecule has 0 aromatic heterocycles. The van der Waals surface area contributed by atoms with E-state index in [1.807, 2.05) is 0 Å². The Labute approximate surface area is 98.7 Å². The second-order valence-electron chi connectivity index (χ2n) is 3.63. The van der Waals surface area contributed by atoms with Gasteiger partial charge in [0.15, 0.2) is 0 Å². The Balaban J connectivity index is 3.02. The molecule has 0 aliphatic carbocycles. The summed E-state index contributed by atoms with van der Waals surface area (Å²) in [6.07, 6.45) is 0. The van der Waals surface area contributed by atoms with E-state index in [4.69, 9.17) is 5.11 Å². The van der Waals surface area contributed by atoms with E-state index in [1.165, 1.54) is 25.1 Å². The molecule has 0 bridgehead atoms. The maximum Gasteiger partial charge on any atom is 0.323 e. The minimum Gasteiger partial charge on any atom is -0.480 e. The zero-order chi connectivity index (χ0) is 13.0. The van der Waals surface area contributed by atoms with Crippen LogP contribution >= 0.6 is 0 Å². The number of hydrogen-bond donors (Lipinski definition) is 1. The summed E-state index contributed by atoms with van der Waals surface area (Å²) in [5, 5.41) is 8.67. The lowest BCUT2D eigenvalue weighted by Crippen LogP contribution is -2.35. The molecule has 1 aromatic rings. The van der Waals surface area contributed by atoms with Gasteiger partial charge in [-0.1, -0.05) is 6.07 Å². The van der Waals surface area contributed by atoms with Crippen LogP contribution < -0.4 is 0 Å². The molecule has 17 heavy (non-hydrogen) atoms. The van der Waals surface area contributed by atoms with Crippen LogP contribution in [0.4, 0.5) is 4.39 Å². The van der Waals surface area contributed by atoms with Crippen molar-refractivity contribution in [1.29, 1.82) is 0 Å². The number of aliphatic carboxylic acids is 1. The smallest absolute Gasteiger partial charge is 0.323 e. The molecule has 0 heterocycles. The SMILES string of the molecule is CCN(CC(=O)O)C(=O)c1cccc(F)c1C. The highest BCUT2D eigenvalue weighted by molar-refractivity contribution is 5.97. The van der Waals surface area contributed by atoms with Gasteiger partial charge in [0.2, 0.25) is 0 Å². The molecule has 0 saturated carbocycles. The van der Waals surface area contributed by atoms with Crippen LogP contribution in [0, 0.1) is 12.7 Å². The summed E-state index contributed by atoms with van der Waals surface area (Å²) in [4.78, 5) is 23.7. The summed E-state index contributed by atoms with van der Waals surface area (Å²) in [5.41, 5.74) is 0.439. The number of hydrogen-bond acceptors (Lipinski definition) is 2. The summed E-state index contributed by atoms with van der Waals surface area (Å²) in [6, 6.07) is 4.19. The molecule has 92 valence electrons. The fourth-order valence-electron chi connectivity index (χ4n) is 1.50. The molecule has 0 fully saturated rings. The van der Waals surface area contributed by atoms with Crippen molar-refractivity contribution in [1.82, 2.24) is 4.90 Å². The zero-order valence-corrected chi connectivity index (χ0v) is 9.74. The highest BCUT2D eigenvalue weighted by atomic mass is 19.1. The molecule has 0 aliphatic heterocycles. The van der Waals surface area contributed by atoms with E-state index in [-0.39, 0.29) is 24.2 Å². The molecule has 0 atom stereocenters. The normalized spacial score (nSPS) is 10.1. The van der Waals surface area contributed by atoms with Gasteiger partial charge in [-0.2, -0.15) is 0 Å². The lowest BCUT2D eigenvalue weighted by molar-refractivity contribution is -0.137. The third-order valence-corrected chi connectivity index (χ3v) is 2.49. The fraction of sp³-hybridized carbons (Fsp3) is 0.333. The number of rotatable bonds is 4. The third-order valence-electron chi connectivity index (χ3n) is 2.49. The number of carboxylic acid groups (broad SMARTS) is 1. The molecular weight excluding hydrogens is 225 g/mol. The van der Waals surface area contributed by atoms with E-state index in [9.17, 15) is 14.0 Å². The van der Waals surface area contributed by atoms with Crippen molar-refractivity contribution in [3.8, 4) is 0 Å². The van der Waals surface area contributed by atoms with Crippen molar-refractivity contribution in [2.45, 2.75) is 13.8 Å². The number of likely N-dealkylation sites (N-methyl/N-ethyl adjacent to an activating group) is 1. The van der Waals surface area contributed by atoms with Crippen LogP contribution in [-0.2, 0) is 4.79 Å². The van der Waals surface area contributed by atoms with E-state index in [2.05, 4.69) is 0 Å². The Hall–Kier alpha value is -1.91. The lowest BCUT2D eigenvalue weighted by Gasteiger charge is -2.19. The molecule has 0 unspecified atom stereocenters. The minimum atomic E-state index is -1.09. The summed E-state index contributed by atoms with van der Waals surface area (Å²) in [6.45, 7) is 3.05. The van der Waals surface area contributed by atoms with Gasteiger partial charge in [0.05, 0.1) is 0 Å². The molecule has 4 nitrogen and oxygen atoms in total. The van der Waals surface area contributed by atoms with E-state index in [0.29, 0.717) is 0 Å². The molecule has 5 heteroatoms. The predicted octanol–water partition coefficient (Wildman–Crippen LogP) is 1.68. The predicted molar refractivity (Wildman–Crippen MR) is 60.4 cm³/mol. The summed E-state index contributed by atoms with van der Waals surface area (Å²) < 4.78 is 13.3. The van der Waals surface area contributed by atoms with Gasteiger partial charge >= 0.3 is 5.97 Å². The van der Waals surface area contributed by atoms with Crippen LogP contribution in [0.15, 0.2) is 18.2 Å². The Kier molecular flexibility index (Phi) is 4.20. The van der Waals surface area contributed by atoms with Crippen molar-refractivity contribution in [3.63, 3.8) is 0 Å². The highest BCUT2D eigenvalue weighted by Gasteiger charge is 2.19. The van der Waals surface area contributed by atoms with E-state index in [0.717, 1.165) is 4.90 Å². The van der Waals surface area contributed by atoms with Crippen molar-refractivity contribution in [3.05, 3.63) is 35.1 Å². The molecule has 1 rings (SSSR count). The third kappa shape index (κ3) is 3.03. The first-order chi connectivity index (χ1) is 7.97. The first-order valence-corrected chi connectivity index (χ1v) is 5.23. The first-order valence-electron chi connectivity index (χ1n) is 5.23. The van der Waals surface area contributed by atoms with Crippen LogP contribution in [0.3, 0.4) is 0 Å². The van der Waals surface area contributed by atoms with Gasteiger partial charge in [0.1, 0.15) is 12.4 Å². The summed E-state index contributed by atoms with van der Waals surface area (Å²) in [5.74, 6) is -2.02. The summed E-state index contributed by atoms with van der Waals surface area (Å²) in [7, 11) is 0. The maximum absolute atomic E-state index is 13.3. The van der Waals surface area contributed by atoms with Crippen molar-refractivity contribution < 1.29 is 19.1 Å². The lowest BCUT2D eigenvalue weighted by atomic mass is 10.1. The van der Waals surface area contributed by atoms with Crippen LogP contribution in [0.2, 0.25) is 0 Å². The van der Waals surface area contributed by atoms with E-state index in [1.54, 1.807) is 6.92 Å². The van der Waals surface area contributed by atoms with Crippen molar-refractivity contribution >= 4 is 11.9 Å². The first kappa shape index (κ1) is 13.2. The minimum absolute atomic E-state index is 0.202. The number of benzene rings is 1. The number of halogens is 1. The van der Waals surface area contributed by atoms with Gasteiger partial charge in [0, 0.05) is 12.1 Å². The molecule has 0 aliphatic rings. The van der Waals surface area contributed by atoms with E-state index < -0.39 is 17.7 Å². The van der Waals surface area contributed by atoms with Gasteiger partial charge in [-0.25, -0.2) is 4.39 Å². The molecule has 0 saturated heterocycles.